The lowest BCUT2D eigenvalue weighted by molar-refractivity contribution is 0.846. The topological polar surface area (TPSA) is 49.3 Å². The second kappa shape index (κ2) is 7.55. The van der Waals surface area contributed by atoms with Crippen molar-refractivity contribution in [3.05, 3.63) is 42.7 Å². The molecule has 0 saturated carbocycles. The number of pyridine rings is 1. The quantitative estimate of drug-likeness (QED) is 0.369. The summed E-state index contributed by atoms with van der Waals surface area (Å²) in [5.41, 5.74) is 4.54. The molecule has 96 valence electrons. The Labute approximate surface area is 113 Å². The zero-order valence-electron chi connectivity index (χ0n) is 10.7. The Hall–Kier alpha value is -1.75. The van der Waals surface area contributed by atoms with E-state index >= 15 is 0 Å². The highest BCUT2D eigenvalue weighted by atomic mass is 32.1. The van der Waals surface area contributed by atoms with Crippen LogP contribution < -0.4 is 10.7 Å². The average molecular weight is 262 g/mol. The third-order valence-corrected chi connectivity index (χ3v) is 2.39. The van der Waals surface area contributed by atoms with E-state index in [0.29, 0.717) is 11.7 Å². The summed E-state index contributed by atoms with van der Waals surface area (Å²) in [6.45, 7) is 8.35. The lowest BCUT2D eigenvalue weighted by Crippen LogP contribution is -2.33. The van der Waals surface area contributed by atoms with Crippen LogP contribution in [0, 0.1) is 5.92 Å². The van der Waals surface area contributed by atoms with Crippen LogP contribution in [0.15, 0.2) is 42.2 Å². The summed E-state index contributed by atoms with van der Waals surface area (Å²) in [5.74, 6) is 0.259. The van der Waals surface area contributed by atoms with Crippen molar-refractivity contribution < 1.29 is 0 Å². The molecule has 0 unspecified atom stereocenters. The smallest absolute Gasteiger partial charge is 0.187 e. The van der Waals surface area contributed by atoms with Gasteiger partial charge in [0.2, 0.25) is 0 Å². The molecule has 18 heavy (non-hydrogen) atoms. The summed E-state index contributed by atoms with van der Waals surface area (Å²) in [5, 5.41) is 7.74. The molecule has 1 heterocycles. The van der Waals surface area contributed by atoms with Crippen molar-refractivity contribution >= 4 is 23.0 Å². The highest BCUT2D eigenvalue weighted by Gasteiger charge is 2.09. The van der Waals surface area contributed by atoms with Gasteiger partial charge in [-0.1, -0.05) is 26.0 Å². The van der Waals surface area contributed by atoms with Gasteiger partial charge in [0.05, 0.1) is 11.4 Å². The maximum Gasteiger partial charge on any atom is 0.187 e. The molecule has 0 radical (unpaired) electrons. The van der Waals surface area contributed by atoms with Gasteiger partial charge in [0.15, 0.2) is 5.11 Å². The van der Waals surface area contributed by atoms with Crippen molar-refractivity contribution in [3.8, 4) is 0 Å². The molecule has 0 aliphatic carbocycles. The molecular formula is C13H18N4S. The minimum atomic E-state index is 0.259. The van der Waals surface area contributed by atoms with E-state index in [1.807, 2.05) is 18.2 Å². The molecule has 0 aliphatic rings. The molecule has 0 aliphatic heterocycles. The van der Waals surface area contributed by atoms with E-state index in [9.17, 15) is 0 Å². The standard InChI is InChI=1S/C13H18N4S/c1-4-8-15-13(18)17-16-12(10(2)3)11-7-5-6-9-14-11/h4-7,9-10H,1,8H2,2-3H3,(H2,15,17,18)/b16-12-. The normalized spacial score (nSPS) is 11.2. The van der Waals surface area contributed by atoms with Crippen LogP contribution in [0.2, 0.25) is 0 Å². The maximum atomic E-state index is 5.08. The number of aromatic nitrogens is 1. The Morgan fingerprint density at radius 1 is 1.56 bits per heavy atom. The fraction of sp³-hybridized carbons (Fsp3) is 0.308. The number of thiocarbonyl (C=S) groups is 1. The number of rotatable bonds is 5. The second-order valence-corrected chi connectivity index (χ2v) is 4.39. The fourth-order valence-electron chi connectivity index (χ4n) is 1.31. The largest absolute Gasteiger partial charge is 0.358 e. The van der Waals surface area contributed by atoms with E-state index < -0.39 is 0 Å². The van der Waals surface area contributed by atoms with Crippen molar-refractivity contribution in [3.63, 3.8) is 0 Å². The first kappa shape index (κ1) is 14.3. The number of nitrogens with one attached hydrogen (secondary N) is 2. The van der Waals surface area contributed by atoms with Gasteiger partial charge in [-0.3, -0.25) is 10.4 Å². The van der Waals surface area contributed by atoms with Crippen LogP contribution in [0.1, 0.15) is 19.5 Å². The molecule has 0 spiro atoms. The van der Waals surface area contributed by atoms with Gasteiger partial charge >= 0.3 is 0 Å². The van der Waals surface area contributed by atoms with Gasteiger partial charge in [0, 0.05) is 12.7 Å². The number of hydrogen-bond donors (Lipinski definition) is 2. The first-order valence-corrected chi connectivity index (χ1v) is 6.19. The molecule has 1 aromatic rings. The lowest BCUT2D eigenvalue weighted by Gasteiger charge is -2.11. The third kappa shape index (κ3) is 4.63. The van der Waals surface area contributed by atoms with Crippen LogP contribution in [-0.2, 0) is 0 Å². The molecule has 1 aromatic heterocycles. The monoisotopic (exact) mass is 262 g/mol. The Morgan fingerprint density at radius 2 is 2.33 bits per heavy atom. The SMILES string of the molecule is C=CCNC(=S)N/N=C(\c1ccccn1)C(C)C. The Kier molecular flexibility index (Phi) is 6.00. The summed E-state index contributed by atoms with van der Waals surface area (Å²) in [7, 11) is 0. The molecule has 1 rings (SSSR count). The summed E-state index contributed by atoms with van der Waals surface area (Å²) < 4.78 is 0. The van der Waals surface area contributed by atoms with Gasteiger partial charge in [0.1, 0.15) is 0 Å². The molecule has 0 aromatic carbocycles. The van der Waals surface area contributed by atoms with Crippen molar-refractivity contribution in [2.75, 3.05) is 6.54 Å². The van der Waals surface area contributed by atoms with E-state index in [-0.39, 0.29) is 5.92 Å². The molecular weight excluding hydrogens is 244 g/mol. The zero-order chi connectivity index (χ0) is 13.4. The highest BCUT2D eigenvalue weighted by Crippen LogP contribution is 2.05. The lowest BCUT2D eigenvalue weighted by atomic mass is 10.1. The van der Waals surface area contributed by atoms with Crippen molar-refractivity contribution in [1.82, 2.24) is 15.7 Å². The molecule has 0 amide bonds. The second-order valence-electron chi connectivity index (χ2n) is 3.98. The van der Waals surface area contributed by atoms with Crippen molar-refractivity contribution in [1.29, 1.82) is 0 Å². The van der Waals surface area contributed by atoms with Gasteiger partial charge in [-0.25, -0.2) is 0 Å². The molecule has 0 atom stereocenters. The van der Waals surface area contributed by atoms with Crippen molar-refractivity contribution in [2.45, 2.75) is 13.8 Å². The fourth-order valence-corrected chi connectivity index (χ4v) is 1.44. The van der Waals surface area contributed by atoms with Crippen molar-refractivity contribution in [2.24, 2.45) is 11.0 Å². The minimum Gasteiger partial charge on any atom is -0.358 e. The minimum absolute atomic E-state index is 0.259. The molecule has 0 bridgehead atoms. The first-order chi connectivity index (χ1) is 8.65. The van der Waals surface area contributed by atoms with E-state index in [1.54, 1.807) is 12.3 Å². The van der Waals surface area contributed by atoms with E-state index in [1.165, 1.54) is 0 Å². The third-order valence-electron chi connectivity index (χ3n) is 2.16. The molecule has 2 N–H and O–H groups in total. The number of hydrazone groups is 1. The van der Waals surface area contributed by atoms with Crippen LogP contribution in [0.3, 0.4) is 0 Å². The molecule has 5 heteroatoms. The van der Waals surface area contributed by atoms with Crippen LogP contribution in [0.5, 0.6) is 0 Å². The summed E-state index contributed by atoms with van der Waals surface area (Å²) in [4.78, 5) is 4.29. The van der Waals surface area contributed by atoms with Gasteiger partial charge in [0.25, 0.3) is 0 Å². The summed E-state index contributed by atoms with van der Waals surface area (Å²) in [6.07, 6.45) is 3.49. The summed E-state index contributed by atoms with van der Waals surface area (Å²) >= 11 is 5.08. The van der Waals surface area contributed by atoms with E-state index in [2.05, 4.69) is 41.3 Å². The number of nitrogens with zero attached hydrogens (tertiary/aromatic N) is 2. The van der Waals surface area contributed by atoms with Crippen LogP contribution >= 0.6 is 12.2 Å². The van der Waals surface area contributed by atoms with Crippen LogP contribution in [0.25, 0.3) is 0 Å². The van der Waals surface area contributed by atoms with Crippen LogP contribution in [-0.4, -0.2) is 22.4 Å². The Morgan fingerprint density at radius 3 is 2.89 bits per heavy atom. The molecule has 4 nitrogen and oxygen atoms in total. The molecule has 0 saturated heterocycles. The van der Waals surface area contributed by atoms with Crippen LogP contribution in [0.4, 0.5) is 0 Å². The zero-order valence-corrected chi connectivity index (χ0v) is 11.5. The Balaban J connectivity index is 2.74. The molecule has 0 fully saturated rings. The van der Waals surface area contributed by atoms with Gasteiger partial charge in [-0.15, -0.1) is 6.58 Å². The van der Waals surface area contributed by atoms with Gasteiger partial charge in [-0.05, 0) is 30.3 Å². The Bertz CT molecular complexity index is 426. The predicted octanol–water partition coefficient (Wildman–Crippen LogP) is 2.09. The average Bonchev–Trinajstić information content (AvgIpc) is 2.37. The summed E-state index contributed by atoms with van der Waals surface area (Å²) in [6, 6.07) is 5.75. The van der Waals surface area contributed by atoms with E-state index in [0.717, 1.165) is 11.4 Å². The van der Waals surface area contributed by atoms with Gasteiger partial charge < -0.3 is 5.32 Å². The predicted molar refractivity (Wildman–Crippen MR) is 79.5 cm³/mol. The maximum absolute atomic E-state index is 5.08. The number of hydrogen-bond acceptors (Lipinski definition) is 3. The van der Waals surface area contributed by atoms with Gasteiger partial charge in [-0.2, -0.15) is 5.10 Å². The first-order valence-electron chi connectivity index (χ1n) is 5.79. The highest BCUT2D eigenvalue weighted by molar-refractivity contribution is 7.80. The van der Waals surface area contributed by atoms with E-state index in [4.69, 9.17) is 12.2 Å².